The van der Waals surface area contributed by atoms with Crippen LogP contribution in [0.2, 0.25) is 0 Å². The molecule has 1 N–H and O–H groups in total. The van der Waals surface area contributed by atoms with Crippen LogP contribution >= 0.6 is 23.1 Å². The highest BCUT2D eigenvalue weighted by atomic mass is 32.2. The van der Waals surface area contributed by atoms with Crippen LogP contribution in [-0.4, -0.2) is 36.2 Å². The molecule has 1 atom stereocenters. The number of amides is 1. The van der Waals surface area contributed by atoms with Crippen LogP contribution in [-0.2, 0) is 31.2 Å². The molecule has 34 heavy (non-hydrogen) atoms. The van der Waals surface area contributed by atoms with Gasteiger partial charge in [-0.05, 0) is 56.1 Å². The molecule has 7 nitrogen and oxygen atoms in total. The zero-order valence-corrected chi connectivity index (χ0v) is 22.6. The van der Waals surface area contributed by atoms with E-state index in [2.05, 4.69) is 58.6 Å². The van der Waals surface area contributed by atoms with Crippen LogP contribution < -0.4 is 5.32 Å². The molecule has 4 rings (SSSR count). The van der Waals surface area contributed by atoms with E-state index < -0.39 is 0 Å². The third-order valence-electron chi connectivity index (χ3n) is 6.66. The number of nitrogens with one attached hydrogen (secondary N) is 1. The molecule has 0 spiro atoms. The fraction of sp³-hybridized carbons (Fsp3) is 0.520. The van der Waals surface area contributed by atoms with E-state index in [1.807, 2.05) is 38.3 Å². The summed E-state index contributed by atoms with van der Waals surface area (Å²) in [4.78, 5) is 15.3. The van der Waals surface area contributed by atoms with Gasteiger partial charge in [-0.3, -0.25) is 14.0 Å². The number of allylic oxidation sites excluding steroid dienone is 1. The fourth-order valence-corrected chi connectivity index (χ4v) is 6.45. The van der Waals surface area contributed by atoms with Crippen LogP contribution in [0.25, 0.3) is 10.7 Å². The largest absolute Gasteiger partial charge is 0.322 e. The summed E-state index contributed by atoms with van der Waals surface area (Å²) < 4.78 is 3.83. The Labute approximate surface area is 210 Å². The number of hydrogen-bond acceptors (Lipinski definition) is 6. The van der Waals surface area contributed by atoms with Gasteiger partial charge in [-0.2, -0.15) is 5.10 Å². The van der Waals surface area contributed by atoms with E-state index in [1.165, 1.54) is 28.6 Å². The summed E-state index contributed by atoms with van der Waals surface area (Å²) in [5.74, 6) is 1.72. The summed E-state index contributed by atoms with van der Waals surface area (Å²) in [6.07, 6.45) is 5.34. The molecule has 3 aromatic rings. The van der Waals surface area contributed by atoms with E-state index in [9.17, 15) is 4.79 Å². The van der Waals surface area contributed by atoms with Gasteiger partial charge in [-0.1, -0.05) is 38.6 Å². The first-order valence-corrected chi connectivity index (χ1v) is 13.5. The molecule has 3 aromatic heterocycles. The molecule has 0 saturated carbocycles. The van der Waals surface area contributed by atoms with Gasteiger partial charge in [-0.15, -0.1) is 28.1 Å². The molecule has 1 aliphatic carbocycles. The Kier molecular flexibility index (Phi) is 7.05. The zero-order chi connectivity index (χ0) is 24.6. The first kappa shape index (κ1) is 24.7. The van der Waals surface area contributed by atoms with Crippen molar-refractivity contribution in [3.63, 3.8) is 0 Å². The highest BCUT2D eigenvalue weighted by molar-refractivity contribution is 7.99. The summed E-state index contributed by atoms with van der Waals surface area (Å²) in [6, 6.07) is 2.30. The Balaban J connectivity index is 1.50. The molecule has 0 aliphatic heterocycles. The first-order valence-electron chi connectivity index (χ1n) is 11.7. The topological polar surface area (TPSA) is 77.6 Å². The van der Waals surface area contributed by atoms with Crippen LogP contribution in [0.4, 0.5) is 5.69 Å². The maximum absolute atomic E-state index is 12.6. The van der Waals surface area contributed by atoms with Gasteiger partial charge in [0.2, 0.25) is 5.91 Å². The lowest BCUT2D eigenvalue weighted by Gasteiger charge is -2.33. The van der Waals surface area contributed by atoms with Crippen molar-refractivity contribution < 1.29 is 4.79 Å². The second kappa shape index (κ2) is 9.70. The van der Waals surface area contributed by atoms with E-state index >= 15 is 0 Å². The maximum atomic E-state index is 12.6. The second-order valence-corrected chi connectivity index (χ2v) is 12.2. The number of fused-ring (bicyclic) bond motifs is 1. The highest BCUT2D eigenvalue weighted by Crippen LogP contribution is 2.42. The number of anilines is 1. The maximum Gasteiger partial charge on any atom is 0.234 e. The van der Waals surface area contributed by atoms with E-state index in [0.29, 0.717) is 17.9 Å². The average Bonchev–Trinajstić information content (AvgIpc) is 3.43. The number of hydrogen-bond donors (Lipinski definition) is 1. The van der Waals surface area contributed by atoms with Crippen LogP contribution in [0.5, 0.6) is 0 Å². The first-order chi connectivity index (χ1) is 16.1. The number of carbonyl (C=O) groups excluding carboxylic acids is 1. The van der Waals surface area contributed by atoms with Crippen LogP contribution in [0, 0.1) is 25.2 Å². The van der Waals surface area contributed by atoms with Crippen molar-refractivity contribution in [1.29, 1.82) is 0 Å². The van der Waals surface area contributed by atoms with Gasteiger partial charge in [0.1, 0.15) is 0 Å². The highest BCUT2D eigenvalue weighted by Gasteiger charge is 2.30. The van der Waals surface area contributed by atoms with Crippen molar-refractivity contribution in [2.24, 2.45) is 18.4 Å². The van der Waals surface area contributed by atoms with Gasteiger partial charge < -0.3 is 5.32 Å². The molecule has 1 unspecified atom stereocenters. The lowest BCUT2D eigenvalue weighted by atomic mass is 9.72. The van der Waals surface area contributed by atoms with Crippen molar-refractivity contribution in [2.75, 3.05) is 11.1 Å². The number of aryl methyl sites for hydroxylation is 3. The second-order valence-electron chi connectivity index (χ2n) is 10.1. The van der Waals surface area contributed by atoms with Crippen molar-refractivity contribution in [2.45, 2.75) is 65.6 Å². The quantitative estimate of drug-likeness (QED) is 0.347. The van der Waals surface area contributed by atoms with Crippen molar-refractivity contribution in [3.8, 4) is 10.7 Å². The lowest BCUT2D eigenvalue weighted by Crippen LogP contribution is -2.26. The molecule has 0 radical (unpaired) electrons. The van der Waals surface area contributed by atoms with Crippen LogP contribution in [0.3, 0.4) is 0 Å². The molecule has 182 valence electrons. The molecule has 1 aliphatic rings. The number of thioether (sulfide) groups is 1. The Bertz CT molecular complexity index is 1210. The third-order valence-corrected chi connectivity index (χ3v) is 8.86. The van der Waals surface area contributed by atoms with E-state index in [4.69, 9.17) is 0 Å². The van der Waals surface area contributed by atoms with Crippen molar-refractivity contribution in [1.82, 2.24) is 24.5 Å². The molecule has 1 amide bonds. The Morgan fingerprint density at radius 3 is 2.76 bits per heavy atom. The van der Waals surface area contributed by atoms with Crippen molar-refractivity contribution >= 4 is 34.7 Å². The monoisotopic (exact) mass is 498 g/mol. The summed E-state index contributed by atoms with van der Waals surface area (Å²) in [5, 5.41) is 17.0. The third kappa shape index (κ3) is 5.00. The fourth-order valence-electron chi connectivity index (χ4n) is 4.50. The molecular formula is C25H34N6OS2. The zero-order valence-electron chi connectivity index (χ0n) is 20.9. The van der Waals surface area contributed by atoms with Gasteiger partial charge in [0.15, 0.2) is 11.0 Å². The smallest absolute Gasteiger partial charge is 0.234 e. The Hall–Kier alpha value is -2.39. The van der Waals surface area contributed by atoms with Crippen LogP contribution in [0.15, 0.2) is 23.9 Å². The van der Waals surface area contributed by atoms with Crippen LogP contribution in [0.1, 0.15) is 49.0 Å². The standard InChI is InChI=1S/C25H34N6OS2/c1-8-11-31-23(20-13-17-12-18(25(4,5)6)9-10-19(17)34-20)27-28-24(31)33-14-21(32)26-22-15(2)29-30(7)16(22)3/h8,13,18H,1,9-12,14H2,2-7H3,(H,26,32). The lowest BCUT2D eigenvalue weighted by molar-refractivity contribution is -0.113. The molecular weight excluding hydrogens is 464 g/mol. The molecule has 0 saturated heterocycles. The molecule has 0 fully saturated rings. The summed E-state index contributed by atoms with van der Waals surface area (Å²) in [7, 11) is 1.87. The van der Waals surface area contributed by atoms with Gasteiger partial charge in [0.25, 0.3) is 0 Å². The number of carbonyl (C=O) groups is 1. The normalized spacial score (nSPS) is 15.9. The Morgan fingerprint density at radius 1 is 1.35 bits per heavy atom. The predicted octanol–water partition coefficient (Wildman–Crippen LogP) is 5.42. The van der Waals surface area contributed by atoms with Gasteiger partial charge in [-0.25, -0.2) is 0 Å². The van der Waals surface area contributed by atoms with Gasteiger partial charge in [0, 0.05) is 18.5 Å². The number of thiophene rings is 1. The molecule has 0 bridgehead atoms. The number of aromatic nitrogens is 5. The molecule has 0 aromatic carbocycles. The SMILES string of the molecule is C=CCn1c(SCC(=O)Nc2c(C)nn(C)c2C)nnc1-c1cc2c(s1)CCC(C(C)(C)C)C2. The van der Waals surface area contributed by atoms with Crippen molar-refractivity contribution in [3.05, 3.63) is 40.5 Å². The van der Waals surface area contributed by atoms with E-state index in [-0.39, 0.29) is 11.7 Å². The van der Waals surface area contributed by atoms with Gasteiger partial charge >= 0.3 is 0 Å². The Morgan fingerprint density at radius 2 is 2.12 bits per heavy atom. The summed E-state index contributed by atoms with van der Waals surface area (Å²) in [6.45, 7) is 15.4. The summed E-state index contributed by atoms with van der Waals surface area (Å²) >= 11 is 3.22. The number of rotatable bonds is 7. The van der Waals surface area contributed by atoms with E-state index in [0.717, 1.165) is 45.8 Å². The minimum atomic E-state index is -0.0845. The van der Waals surface area contributed by atoms with E-state index in [1.54, 1.807) is 4.68 Å². The van der Waals surface area contributed by atoms with Gasteiger partial charge in [0.05, 0.1) is 27.7 Å². The predicted molar refractivity (Wildman–Crippen MR) is 141 cm³/mol. The summed E-state index contributed by atoms with van der Waals surface area (Å²) in [5.41, 5.74) is 4.29. The minimum Gasteiger partial charge on any atom is -0.322 e. The molecule has 9 heteroatoms. The average molecular weight is 499 g/mol. The number of nitrogens with zero attached hydrogens (tertiary/aromatic N) is 5. The molecule has 3 heterocycles. The minimum absolute atomic E-state index is 0.0845.